The van der Waals surface area contributed by atoms with E-state index in [4.69, 9.17) is 5.73 Å². The van der Waals surface area contributed by atoms with Crippen molar-refractivity contribution < 1.29 is 4.79 Å². The van der Waals surface area contributed by atoms with Crippen LogP contribution in [0, 0.1) is 13.8 Å². The number of thiazole rings is 1. The summed E-state index contributed by atoms with van der Waals surface area (Å²) in [7, 11) is 0. The number of aryl methyl sites for hydroxylation is 2. The molecule has 0 radical (unpaired) electrons. The first-order valence-electron chi connectivity index (χ1n) is 6.24. The van der Waals surface area contributed by atoms with E-state index in [1.165, 1.54) is 11.3 Å². The second-order valence-electron chi connectivity index (χ2n) is 4.54. The summed E-state index contributed by atoms with van der Waals surface area (Å²) in [6.07, 6.45) is 0.703. The molecule has 106 valence electrons. The van der Waals surface area contributed by atoms with Crippen LogP contribution in [0.5, 0.6) is 0 Å². The van der Waals surface area contributed by atoms with Crippen LogP contribution in [0.25, 0.3) is 0 Å². The average Bonchev–Trinajstić information content (AvgIpc) is 2.85. The number of carbonyl (C=O) groups is 1. The van der Waals surface area contributed by atoms with Crippen molar-refractivity contribution in [2.75, 3.05) is 11.9 Å². The molecule has 0 aliphatic rings. The highest BCUT2D eigenvalue weighted by Gasteiger charge is 2.12. The number of benzene rings is 1. The highest BCUT2D eigenvalue weighted by molar-refractivity contribution is 9.10. The van der Waals surface area contributed by atoms with Crippen LogP contribution in [0.2, 0.25) is 0 Å². The molecule has 0 aliphatic heterocycles. The molecule has 0 atom stereocenters. The Morgan fingerprint density at radius 1 is 1.40 bits per heavy atom. The van der Waals surface area contributed by atoms with E-state index >= 15 is 0 Å². The highest BCUT2D eigenvalue weighted by atomic mass is 79.9. The average molecular weight is 354 g/mol. The van der Waals surface area contributed by atoms with E-state index in [1.54, 1.807) is 5.38 Å². The summed E-state index contributed by atoms with van der Waals surface area (Å²) in [4.78, 5) is 16.4. The van der Waals surface area contributed by atoms with Gasteiger partial charge < -0.3 is 11.1 Å². The zero-order valence-corrected chi connectivity index (χ0v) is 13.8. The fourth-order valence-corrected chi connectivity index (χ4v) is 2.89. The lowest BCUT2D eigenvalue weighted by Crippen LogP contribution is -2.13. The van der Waals surface area contributed by atoms with Crippen LogP contribution in [-0.2, 0) is 6.42 Å². The van der Waals surface area contributed by atoms with Crippen LogP contribution in [0.15, 0.2) is 22.0 Å². The lowest BCUT2D eigenvalue weighted by Gasteiger charge is -2.08. The maximum Gasteiger partial charge on any atom is 0.275 e. The predicted molar refractivity (Wildman–Crippen MR) is 86.4 cm³/mol. The maximum absolute atomic E-state index is 12.1. The predicted octanol–water partition coefficient (Wildman–Crippen LogP) is 3.28. The van der Waals surface area contributed by atoms with Gasteiger partial charge in [-0.15, -0.1) is 11.3 Å². The zero-order chi connectivity index (χ0) is 14.7. The van der Waals surface area contributed by atoms with Gasteiger partial charge in [0.25, 0.3) is 5.91 Å². The number of anilines is 1. The van der Waals surface area contributed by atoms with Gasteiger partial charge in [0.1, 0.15) is 5.69 Å². The van der Waals surface area contributed by atoms with E-state index in [2.05, 4.69) is 26.2 Å². The number of hydrogen-bond donors (Lipinski definition) is 2. The maximum atomic E-state index is 12.1. The van der Waals surface area contributed by atoms with Gasteiger partial charge in [-0.3, -0.25) is 4.79 Å². The first-order chi connectivity index (χ1) is 9.51. The van der Waals surface area contributed by atoms with Crippen molar-refractivity contribution in [1.29, 1.82) is 0 Å². The van der Waals surface area contributed by atoms with E-state index in [0.717, 1.165) is 26.3 Å². The summed E-state index contributed by atoms with van der Waals surface area (Å²) < 4.78 is 1.06. The van der Waals surface area contributed by atoms with Crippen molar-refractivity contribution in [2.24, 2.45) is 5.73 Å². The number of carbonyl (C=O) groups excluding carboxylic acids is 1. The number of nitrogens with zero attached hydrogens (tertiary/aromatic N) is 1. The molecule has 1 aromatic heterocycles. The molecule has 0 fully saturated rings. The minimum Gasteiger partial charge on any atom is -0.330 e. The van der Waals surface area contributed by atoms with Crippen molar-refractivity contribution in [3.63, 3.8) is 0 Å². The molecule has 1 aromatic carbocycles. The van der Waals surface area contributed by atoms with Crippen molar-refractivity contribution in [3.8, 4) is 0 Å². The Balaban J connectivity index is 2.14. The largest absolute Gasteiger partial charge is 0.330 e. The molecule has 4 nitrogen and oxygen atoms in total. The molecule has 0 aliphatic carbocycles. The molecule has 3 N–H and O–H groups in total. The summed E-state index contributed by atoms with van der Waals surface area (Å²) in [6, 6.07) is 3.87. The third kappa shape index (κ3) is 3.45. The number of halogens is 1. The van der Waals surface area contributed by atoms with Crippen LogP contribution in [0.3, 0.4) is 0 Å². The molecule has 0 saturated heterocycles. The van der Waals surface area contributed by atoms with Gasteiger partial charge in [0, 0.05) is 22.0 Å². The molecule has 1 heterocycles. The summed E-state index contributed by atoms with van der Waals surface area (Å²) in [5, 5.41) is 5.53. The van der Waals surface area contributed by atoms with E-state index in [0.29, 0.717) is 18.7 Å². The molecule has 2 rings (SSSR count). The van der Waals surface area contributed by atoms with Gasteiger partial charge in [0.2, 0.25) is 0 Å². The quantitative estimate of drug-likeness (QED) is 0.886. The minimum absolute atomic E-state index is 0.189. The fourth-order valence-electron chi connectivity index (χ4n) is 1.87. The number of amides is 1. The molecule has 0 bridgehead atoms. The number of nitrogens with two attached hydrogens (primary N) is 1. The standard InChI is InChI=1S/C14H16BrN3OS/c1-8-5-10(6-9(2)13(8)15)17-14(19)11-7-20-12(18-11)3-4-16/h5-7H,3-4,16H2,1-2H3,(H,17,19). The summed E-state index contributed by atoms with van der Waals surface area (Å²) in [5.74, 6) is -0.189. The summed E-state index contributed by atoms with van der Waals surface area (Å²) in [5.41, 5.74) is 8.87. The summed E-state index contributed by atoms with van der Waals surface area (Å²) in [6.45, 7) is 4.53. The van der Waals surface area contributed by atoms with Gasteiger partial charge in [0.15, 0.2) is 0 Å². The Bertz CT molecular complexity index is 616. The van der Waals surface area contributed by atoms with Crippen LogP contribution in [-0.4, -0.2) is 17.4 Å². The molecule has 1 amide bonds. The molecule has 0 saturated carbocycles. The van der Waals surface area contributed by atoms with E-state index in [1.807, 2.05) is 26.0 Å². The van der Waals surface area contributed by atoms with Crippen LogP contribution < -0.4 is 11.1 Å². The van der Waals surface area contributed by atoms with E-state index in [9.17, 15) is 4.79 Å². The Labute approximate surface area is 130 Å². The van der Waals surface area contributed by atoms with Crippen molar-refractivity contribution in [1.82, 2.24) is 4.98 Å². The normalized spacial score (nSPS) is 10.6. The monoisotopic (exact) mass is 353 g/mol. The third-order valence-electron chi connectivity index (χ3n) is 2.84. The lowest BCUT2D eigenvalue weighted by molar-refractivity contribution is 0.102. The van der Waals surface area contributed by atoms with Crippen molar-refractivity contribution in [2.45, 2.75) is 20.3 Å². The molecular weight excluding hydrogens is 338 g/mol. The first kappa shape index (κ1) is 15.2. The number of nitrogens with one attached hydrogen (secondary N) is 1. The van der Waals surface area contributed by atoms with Crippen molar-refractivity contribution in [3.05, 3.63) is 43.8 Å². The third-order valence-corrected chi connectivity index (χ3v) is 5.00. The van der Waals surface area contributed by atoms with Crippen LogP contribution in [0.1, 0.15) is 26.6 Å². The SMILES string of the molecule is Cc1cc(NC(=O)c2csc(CCN)n2)cc(C)c1Br. The van der Waals surface area contributed by atoms with E-state index < -0.39 is 0 Å². The molecule has 0 spiro atoms. The van der Waals surface area contributed by atoms with Gasteiger partial charge in [-0.2, -0.15) is 0 Å². The molecule has 6 heteroatoms. The molecular formula is C14H16BrN3OS. The van der Waals surface area contributed by atoms with E-state index in [-0.39, 0.29) is 5.91 Å². The minimum atomic E-state index is -0.189. The molecule has 0 unspecified atom stereocenters. The first-order valence-corrected chi connectivity index (χ1v) is 7.91. The van der Waals surface area contributed by atoms with Gasteiger partial charge in [-0.25, -0.2) is 4.98 Å². The van der Waals surface area contributed by atoms with Crippen LogP contribution in [0.4, 0.5) is 5.69 Å². The summed E-state index contributed by atoms with van der Waals surface area (Å²) >= 11 is 4.97. The lowest BCUT2D eigenvalue weighted by atomic mass is 10.1. The topological polar surface area (TPSA) is 68.0 Å². The fraction of sp³-hybridized carbons (Fsp3) is 0.286. The Kier molecular flexibility index (Phi) is 4.91. The van der Waals surface area contributed by atoms with Gasteiger partial charge in [-0.05, 0) is 43.7 Å². The number of rotatable bonds is 4. The van der Waals surface area contributed by atoms with Crippen molar-refractivity contribution >= 4 is 38.9 Å². The Hall–Kier alpha value is -1.24. The number of aromatic nitrogens is 1. The van der Waals surface area contributed by atoms with Gasteiger partial charge in [0.05, 0.1) is 5.01 Å². The number of hydrogen-bond acceptors (Lipinski definition) is 4. The second kappa shape index (κ2) is 6.47. The smallest absolute Gasteiger partial charge is 0.275 e. The Morgan fingerprint density at radius 3 is 2.65 bits per heavy atom. The Morgan fingerprint density at radius 2 is 2.05 bits per heavy atom. The molecule has 2 aromatic rings. The van der Waals surface area contributed by atoms with Gasteiger partial charge in [-0.1, -0.05) is 15.9 Å². The zero-order valence-electron chi connectivity index (χ0n) is 11.4. The van der Waals surface area contributed by atoms with Crippen LogP contribution >= 0.6 is 27.3 Å². The van der Waals surface area contributed by atoms with Gasteiger partial charge >= 0.3 is 0 Å². The second-order valence-corrected chi connectivity index (χ2v) is 6.28. The molecule has 20 heavy (non-hydrogen) atoms. The highest BCUT2D eigenvalue weighted by Crippen LogP contribution is 2.25.